The quantitative estimate of drug-likeness (QED) is 0.863. The molecule has 2 heterocycles. The number of hydrogen-bond donors (Lipinski definition) is 1. The van der Waals surface area contributed by atoms with Gasteiger partial charge in [0.2, 0.25) is 5.13 Å². The van der Waals surface area contributed by atoms with E-state index in [2.05, 4.69) is 22.4 Å². The molecule has 2 amide bonds. The van der Waals surface area contributed by atoms with Crippen LogP contribution in [0.5, 0.6) is 0 Å². The van der Waals surface area contributed by atoms with Gasteiger partial charge in [0.15, 0.2) is 0 Å². The van der Waals surface area contributed by atoms with Gasteiger partial charge in [-0.1, -0.05) is 18.3 Å². The van der Waals surface area contributed by atoms with Gasteiger partial charge in [-0.3, -0.25) is 5.32 Å². The fraction of sp³-hybridized carbons (Fsp3) is 0.700. The van der Waals surface area contributed by atoms with Gasteiger partial charge in [-0.05, 0) is 25.7 Å². The fourth-order valence-electron chi connectivity index (χ4n) is 2.08. The Bertz CT molecular complexity index is 341. The van der Waals surface area contributed by atoms with Gasteiger partial charge in [0, 0.05) is 12.6 Å². The molecule has 0 aliphatic carbocycles. The number of carbonyl (C=O) groups is 1. The van der Waals surface area contributed by atoms with Crippen LogP contribution in [0.1, 0.15) is 32.6 Å². The van der Waals surface area contributed by atoms with E-state index in [1.807, 2.05) is 4.90 Å². The smallest absolute Gasteiger partial charge is 0.322 e. The molecular weight excluding hydrogens is 224 g/mol. The molecule has 2 rings (SSSR count). The first-order valence-electron chi connectivity index (χ1n) is 5.65. The number of nitrogens with zero attached hydrogens (tertiary/aromatic N) is 3. The van der Waals surface area contributed by atoms with Crippen molar-refractivity contribution >= 4 is 22.5 Å². The van der Waals surface area contributed by atoms with Gasteiger partial charge in [0.05, 0.1) is 0 Å². The van der Waals surface area contributed by atoms with E-state index in [0.717, 1.165) is 25.8 Å². The van der Waals surface area contributed by atoms with Crippen molar-refractivity contribution in [2.75, 3.05) is 11.9 Å². The molecule has 0 unspecified atom stereocenters. The van der Waals surface area contributed by atoms with E-state index in [4.69, 9.17) is 0 Å². The van der Waals surface area contributed by atoms with E-state index in [0.29, 0.717) is 11.2 Å². The second-order valence-corrected chi connectivity index (χ2v) is 4.76. The molecule has 1 saturated heterocycles. The molecule has 0 bridgehead atoms. The fourth-order valence-corrected chi connectivity index (χ4v) is 2.52. The molecule has 1 atom stereocenters. The van der Waals surface area contributed by atoms with Crippen molar-refractivity contribution < 1.29 is 4.79 Å². The van der Waals surface area contributed by atoms with E-state index in [-0.39, 0.29) is 6.03 Å². The second-order valence-electron chi connectivity index (χ2n) is 3.93. The molecule has 1 aliphatic rings. The Morgan fingerprint density at radius 2 is 2.56 bits per heavy atom. The summed E-state index contributed by atoms with van der Waals surface area (Å²) in [6, 6.07) is 0.338. The predicted molar refractivity (Wildman–Crippen MR) is 63.6 cm³/mol. The minimum Gasteiger partial charge on any atom is -0.322 e. The molecule has 0 radical (unpaired) electrons. The molecule has 6 heteroatoms. The summed E-state index contributed by atoms with van der Waals surface area (Å²) in [6.07, 6.45) is 4.45. The molecule has 0 saturated carbocycles. The van der Waals surface area contributed by atoms with E-state index in [9.17, 15) is 4.79 Å². The maximum Gasteiger partial charge on any atom is 0.323 e. The maximum atomic E-state index is 12.0. The maximum absolute atomic E-state index is 12.0. The first kappa shape index (κ1) is 11.3. The molecule has 0 aromatic carbocycles. The lowest BCUT2D eigenvalue weighted by atomic mass is 10.0. The summed E-state index contributed by atoms with van der Waals surface area (Å²) in [5.74, 6) is 0. The van der Waals surface area contributed by atoms with Crippen LogP contribution in [0.4, 0.5) is 9.93 Å². The highest BCUT2D eigenvalue weighted by molar-refractivity contribution is 7.13. The average molecular weight is 240 g/mol. The zero-order valence-corrected chi connectivity index (χ0v) is 10.2. The monoisotopic (exact) mass is 240 g/mol. The van der Waals surface area contributed by atoms with E-state index >= 15 is 0 Å². The predicted octanol–water partition coefficient (Wildman–Crippen LogP) is 2.33. The number of amides is 2. The molecule has 16 heavy (non-hydrogen) atoms. The first-order chi connectivity index (χ1) is 7.81. The van der Waals surface area contributed by atoms with E-state index < -0.39 is 0 Å². The highest BCUT2D eigenvalue weighted by atomic mass is 32.1. The number of hydrogen-bond acceptors (Lipinski definition) is 4. The largest absolute Gasteiger partial charge is 0.323 e. The number of piperidine rings is 1. The highest BCUT2D eigenvalue weighted by Crippen LogP contribution is 2.20. The summed E-state index contributed by atoms with van der Waals surface area (Å²) in [7, 11) is 0. The van der Waals surface area contributed by atoms with Crippen molar-refractivity contribution in [3.63, 3.8) is 0 Å². The van der Waals surface area contributed by atoms with Crippen LogP contribution < -0.4 is 5.32 Å². The molecular formula is C10H16N4OS. The van der Waals surface area contributed by atoms with E-state index in [1.165, 1.54) is 17.8 Å². The van der Waals surface area contributed by atoms with Crippen molar-refractivity contribution in [1.29, 1.82) is 0 Å². The minimum absolute atomic E-state index is 0.0386. The molecule has 1 fully saturated rings. The number of carbonyl (C=O) groups excluding carboxylic acids is 1. The van der Waals surface area contributed by atoms with Gasteiger partial charge in [-0.15, -0.1) is 10.2 Å². The Balaban J connectivity index is 1.97. The van der Waals surface area contributed by atoms with Crippen LogP contribution in [0.2, 0.25) is 0 Å². The average Bonchev–Trinajstić information content (AvgIpc) is 2.81. The Kier molecular flexibility index (Phi) is 3.71. The Hall–Kier alpha value is -1.17. The van der Waals surface area contributed by atoms with Crippen molar-refractivity contribution in [2.45, 2.75) is 38.6 Å². The summed E-state index contributed by atoms with van der Waals surface area (Å²) < 4.78 is 0. The summed E-state index contributed by atoms with van der Waals surface area (Å²) >= 11 is 1.34. The first-order valence-corrected chi connectivity index (χ1v) is 6.53. The normalized spacial score (nSPS) is 20.8. The topological polar surface area (TPSA) is 58.1 Å². The van der Waals surface area contributed by atoms with Gasteiger partial charge >= 0.3 is 6.03 Å². The van der Waals surface area contributed by atoms with Crippen LogP contribution >= 0.6 is 11.3 Å². The van der Waals surface area contributed by atoms with Crippen molar-refractivity contribution in [1.82, 2.24) is 15.1 Å². The third kappa shape index (κ3) is 2.49. The minimum atomic E-state index is -0.0386. The Labute approximate surface area is 98.9 Å². The standard InChI is InChI=1S/C10H16N4OS/c1-2-8-5-3-4-6-14(8)10(15)12-9-13-11-7-16-9/h7-8H,2-6H2,1H3,(H,12,13,15)/t8-/m0/s1. The van der Waals surface area contributed by atoms with Gasteiger partial charge < -0.3 is 4.90 Å². The number of rotatable bonds is 2. The molecule has 0 spiro atoms. The lowest BCUT2D eigenvalue weighted by Gasteiger charge is -2.34. The van der Waals surface area contributed by atoms with Gasteiger partial charge in [0.1, 0.15) is 5.51 Å². The summed E-state index contributed by atoms with van der Waals surface area (Å²) in [6.45, 7) is 2.98. The molecule has 1 aliphatic heterocycles. The molecule has 1 N–H and O–H groups in total. The van der Waals surface area contributed by atoms with Crippen molar-refractivity contribution in [3.05, 3.63) is 5.51 Å². The third-order valence-corrected chi connectivity index (χ3v) is 3.54. The Morgan fingerprint density at radius 3 is 3.25 bits per heavy atom. The highest BCUT2D eigenvalue weighted by Gasteiger charge is 2.25. The molecule has 88 valence electrons. The van der Waals surface area contributed by atoms with Crippen LogP contribution in [0, 0.1) is 0 Å². The summed E-state index contributed by atoms with van der Waals surface area (Å²) in [4.78, 5) is 13.9. The zero-order valence-electron chi connectivity index (χ0n) is 9.35. The van der Waals surface area contributed by atoms with Crippen molar-refractivity contribution in [3.8, 4) is 0 Å². The summed E-state index contributed by atoms with van der Waals surface area (Å²) in [5.41, 5.74) is 1.61. The number of aromatic nitrogens is 2. The number of anilines is 1. The lowest BCUT2D eigenvalue weighted by molar-refractivity contribution is 0.160. The number of urea groups is 1. The number of likely N-dealkylation sites (tertiary alicyclic amines) is 1. The van der Waals surface area contributed by atoms with Crippen LogP contribution in [0.25, 0.3) is 0 Å². The molecule has 1 aromatic heterocycles. The second kappa shape index (κ2) is 5.25. The molecule has 5 nitrogen and oxygen atoms in total. The molecule has 1 aromatic rings. The van der Waals surface area contributed by atoms with Gasteiger partial charge in [-0.2, -0.15) is 0 Å². The van der Waals surface area contributed by atoms with Gasteiger partial charge in [-0.25, -0.2) is 4.79 Å². The SMILES string of the molecule is CC[C@H]1CCCCN1C(=O)Nc1nncs1. The van der Waals surface area contributed by atoms with Crippen molar-refractivity contribution in [2.24, 2.45) is 0 Å². The zero-order chi connectivity index (χ0) is 11.4. The van der Waals surface area contributed by atoms with Crippen LogP contribution in [0.15, 0.2) is 5.51 Å². The lowest BCUT2D eigenvalue weighted by Crippen LogP contribution is -2.45. The van der Waals surface area contributed by atoms with E-state index in [1.54, 1.807) is 5.51 Å². The van der Waals surface area contributed by atoms with Crippen LogP contribution in [0.3, 0.4) is 0 Å². The third-order valence-electron chi connectivity index (χ3n) is 2.93. The number of nitrogens with one attached hydrogen (secondary N) is 1. The van der Waals surface area contributed by atoms with Crippen LogP contribution in [-0.2, 0) is 0 Å². The summed E-state index contributed by atoms with van der Waals surface area (Å²) in [5, 5.41) is 10.9. The Morgan fingerprint density at radius 1 is 1.69 bits per heavy atom. The van der Waals surface area contributed by atoms with Gasteiger partial charge in [0.25, 0.3) is 0 Å². The van der Waals surface area contributed by atoms with Crippen LogP contribution in [-0.4, -0.2) is 33.7 Å².